The largest absolute Gasteiger partial charge is 0.465 e. The molecule has 0 bridgehead atoms. The van der Waals surface area contributed by atoms with E-state index >= 15 is 0 Å². The Morgan fingerprint density at radius 3 is 2.57 bits per heavy atom. The van der Waals surface area contributed by atoms with E-state index in [1.54, 1.807) is 25.2 Å². The third-order valence-corrected chi connectivity index (χ3v) is 7.32. The summed E-state index contributed by atoms with van der Waals surface area (Å²) in [6, 6.07) is 6.03. The molecule has 196 valence electrons. The van der Waals surface area contributed by atoms with Gasteiger partial charge in [-0.25, -0.2) is 14.8 Å². The van der Waals surface area contributed by atoms with E-state index in [2.05, 4.69) is 24.8 Å². The second-order valence-electron chi connectivity index (χ2n) is 10.2. The van der Waals surface area contributed by atoms with E-state index in [4.69, 9.17) is 4.98 Å². The number of hydrogen-bond donors (Lipinski definition) is 2. The Labute approximate surface area is 216 Å². The summed E-state index contributed by atoms with van der Waals surface area (Å²) in [6.45, 7) is 4.55. The molecule has 0 spiro atoms. The fraction of sp³-hybridized carbons (Fsp3) is 0.500. The van der Waals surface area contributed by atoms with Crippen molar-refractivity contribution in [2.75, 3.05) is 39.0 Å². The van der Waals surface area contributed by atoms with Crippen LogP contribution in [0.2, 0.25) is 0 Å². The van der Waals surface area contributed by atoms with Crippen LogP contribution in [-0.2, 0) is 6.54 Å². The van der Waals surface area contributed by atoms with Crippen molar-refractivity contribution in [2.24, 2.45) is 0 Å². The summed E-state index contributed by atoms with van der Waals surface area (Å²) < 4.78 is 2.10. The Bertz CT molecular complexity index is 1280. The molecular formula is C26H34N8O3. The number of amides is 2. The first-order valence-electron chi connectivity index (χ1n) is 12.8. The summed E-state index contributed by atoms with van der Waals surface area (Å²) in [4.78, 5) is 43.3. The summed E-state index contributed by atoms with van der Waals surface area (Å²) in [5, 5.41) is 13.3. The Morgan fingerprint density at radius 1 is 1.14 bits per heavy atom. The van der Waals surface area contributed by atoms with Gasteiger partial charge >= 0.3 is 6.09 Å². The second-order valence-corrected chi connectivity index (χ2v) is 10.2. The number of carbonyl (C=O) groups excluding carboxylic acids is 1. The van der Waals surface area contributed by atoms with Gasteiger partial charge in [0.15, 0.2) is 0 Å². The van der Waals surface area contributed by atoms with Crippen LogP contribution in [0.15, 0.2) is 30.6 Å². The molecule has 11 nitrogen and oxygen atoms in total. The summed E-state index contributed by atoms with van der Waals surface area (Å²) in [7, 11) is 3.53. The Hall–Kier alpha value is -3.73. The van der Waals surface area contributed by atoms with E-state index in [0.29, 0.717) is 43.6 Å². The topological polar surface area (TPSA) is 120 Å². The highest BCUT2D eigenvalue weighted by atomic mass is 16.4. The third-order valence-electron chi connectivity index (χ3n) is 7.32. The summed E-state index contributed by atoms with van der Waals surface area (Å²) in [5.74, 6) is 1.04. The van der Waals surface area contributed by atoms with Crippen molar-refractivity contribution >= 4 is 34.8 Å². The number of carbonyl (C=O) groups is 2. The molecule has 4 heterocycles. The van der Waals surface area contributed by atoms with Gasteiger partial charge in [0, 0.05) is 70.1 Å². The normalized spacial score (nSPS) is 18.9. The van der Waals surface area contributed by atoms with Crippen LogP contribution in [-0.4, -0.2) is 91.1 Å². The van der Waals surface area contributed by atoms with Crippen LogP contribution in [0.5, 0.6) is 0 Å². The number of hydrogen-bond acceptors (Lipinski definition) is 7. The number of aromatic nitrogens is 4. The second kappa shape index (κ2) is 10.3. The molecule has 2 amide bonds. The number of rotatable bonds is 6. The fourth-order valence-electron chi connectivity index (χ4n) is 5.42. The monoisotopic (exact) mass is 506 g/mol. The minimum atomic E-state index is -0.860. The molecule has 1 saturated heterocycles. The zero-order valence-corrected chi connectivity index (χ0v) is 21.6. The molecule has 2 fully saturated rings. The van der Waals surface area contributed by atoms with E-state index in [9.17, 15) is 14.7 Å². The molecule has 0 aromatic carbocycles. The first-order valence-corrected chi connectivity index (χ1v) is 12.8. The maximum absolute atomic E-state index is 12.9. The minimum Gasteiger partial charge on any atom is -0.465 e. The van der Waals surface area contributed by atoms with Gasteiger partial charge < -0.3 is 24.8 Å². The molecule has 3 aromatic heterocycles. The number of piperazine rings is 1. The van der Waals surface area contributed by atoms with Gasteiger partial charge in [0.25, 0.3) is 5.91 Å². The first kappa shape index (κ1) is 24.9. The van der Waals surface area contributed by atoms with Crippen LogP contribution < -0.4 is 5.32 Å². The molecule has 1 aliphatic carbocycles. The van der Waals surface area contributed by atoms with Gasteiger partial charge in [0.1, 0.15) is 17.2 Å². The lowest BCUT2D eigenvalue weighted by molar-refractivity contribution is 0.0710. The molecule has 1 saturated carbocycles. The van der Waals surface area contributed by atoms with Gasteiger partial charge in [-0.15, -0.1) is 0 Å². The lowest BCUT2D eigenvalue weighted by Gasteiger charge is -2.38. The molecule has 0 radical (unpaired) electrons. The van der Waals surface area contributed by atoms with Crippen LogP contribution in [0.3, 0.4) is 0 Å². The van der Waals surface area contributed by atoms with Crippen molar-refractivity contribution in [1.29, 1.82) is 0 Å². The van der Waals surface area contributed by atoms with Gasteiger partial charge in [-0.3, -0.25) is 9.69 Å². The average molecular weight is 507 g/mol. The van der Waals surface area contributed by atoms with Crippen molar-refractivity contribution in [3.05, 3.63) is 41.9 Å². The standard InChI is InChI=1S/C26H34N8O3/c1-17-15-32(10-11-33(17)26(36)37)16-18-8-9-22(27-13-18)29-25-28-14-19-12-21(24(35)31(2)3)34(23(19)30-25)20-6-4-5-7-20/h8-9,12-14,17,20H,4-7,10-11,15-16H2,1-3H3,(H,36,37)(H,27,28,29,30)/t17-/m0/s1. The molecule has 5 rings (SSSR count). The third kappa shape index (κ3) is 5.22. The number of fused-ring (bicyclic) bond motifs is 1. The highest BCUT2D eigenvalue weighted by Gasteiger charge is 2.28. The smallest absolute Gasteiger partial charge is 0.407 e. The van der Waals surface area contributed by atoms with Gasteiger partial charge in [0.05, 0.1) is 0 Å². The minimum absolute atomic E-state index is 0.0320. The summed E-state index contributed by atoms with van der Waals surface area (Å²) >= 11 is 0. The maximum Gasteiger partial charge on any atom is 0.407 e. The van der Waals surface area contributed by atoms with Crippen molar-refractivity contribution in [1.82, 2.24) is 34.2 Å². The van der Waals surface area contributed by atoms with Gasteiger partial charge in [-0.1, -0.05) is 18.9 Å². The van der Waals surface area contributed by atoms with E-state index in [1.165, 1.54) is 4.90 Å². The zero-order valence-electron chi connectivity index (χ0n) is 21.6. The molecule has 2 N–H and O–H groups in total. The van der Waals surface area contributed by atoms with E-state index in [1.807, 2.05) is 31.3 Å². The van der Waals surface area contributed by atoms with Crippen molar-refractivity contribution < 1.29 is 14.7 Å². The van der Waals surface area contributed by atoms with Crippen molar-refractivity contribution in [3.8, 4) is 0 Å². The zero-order chi connectivity index (χ0) is 26.1. The fourth-order valence-corrected chi connectivity index (χ4v) is 5.42. The number of carboxylic acid groups (broad SMARTS) is 1. The van der Waals surface area contributed by atoms with Crippen LogP contribution in [0, 0.1) is 0 Å². The van der Waals surface area contributed by atoms with E-state index in [0.717, 1.165) is 42.3 Å². The van der Waals surface area contributed by atoms with Crippen LogP contribution in [0.25, 0.3) is 11.0 Å². The Balaban J connectivity index is 1.31. The number of pyridine rings is 1. The van der Waals surface area contributed by atoms with Gasteiger partial charge in [-0.2, -0.15) is 4.98 Å². The predicted molar refractivity (Wildman–Crippen MR) is 140 cm³/mol. The van der Waals surface area contributed by atoms with E-state index < -0.39 is 6.09 Å². The van der Waals surface area contributed by atoms with Crippen LogP contribution in [0.4, 0.5) is 16.6 Å². The highest BCUT2D eigenvalue weighted by molar-refractivity contribution is 5.97. The van der Waals surface area contributed by atoms with Crippen LogP contribution >= 0.6 is 0 Å². The number of nitrogens with one attached hydrogen (secondary N) is 1. The molecule has 0 unspecified atom stereocenters. The molecule has 3 aromatic rings. The number of anilines is 2. The molecule has 11 heteroatoms. The summed E-state index contributed by atoms with van der Waals surface area (Å²) in [5.41, 5.74) is 2.47. The van der Waals surface area contributed by atoms with Crippen LogP contribution in [0.1, 0.15) is 54.7 Å². The molecule has 37 heavy (non-hydrogen) atoms. The number of nitrogens with zero attached hydrogens (tertiary/aromatic N) is 7. The van der Waals surface area contributed by atoms with Crippen molar-refractivity contribution in [3.63, 3.8) is 0 Å². The van der Waals surface area contributed by atoms with Gasteiger partial charge in [-0.05, 0) is 37.5 Å². The lowest BCUT2D eigenvalue weighted by Crippen LogP contribution is -2.53. The molecule has 1 aliphatic heterocycles. The SMILES string of the molecule is C[C@H]1CN(Cc2ccc(Nc3ncc4cc(C(=O)N(C)C)n(C5CCCC5)c4n3)nc2)CCN1C(=O)O. The lowest BCUT2D eigenvalue weighted by atomic mass is 10.1. The first-order chi connectivity index (χ1) is 17.8. The molecular weight excluding hydrogens is 472 g/mol. The highest BCUT2D eigenvalue weighted by Crippen LogP contribution is 2.35. The van der Waals surface area contributed by atoms with E-state index in [-0.39, 0.29) is 18.0 Å². The van der Waals surface area contributed by atoms with Gasteiger partial charge in [0.2, 0.25) is 5.95 Å². The quantitative estimate of drug-likeness (QED) is 0.521. The Kier molecular flexibility index (Phi) is 6.96. The average Bonchev–Trinajstić information content (AvgIpc) is 3.52. The predicted octanol–water partition coefficient (Wildman–Crippen LogP) is 3.57. The summed E-state index contributed by atoms with van der Waals surface area (Å²) in [6.07, 6.45) is 7.11. The maximum atomic E-state index is 12.9. The molecule has 2 aliphatic rings. The molecule has 1 atom stereocenters. The van der Waals surface area contributed by atoms with Crippen molar-refractivity contribution in [2.45, 2.75) is 51.2 Å². The Morgan fingerprint density at radius 2 is 1.92 bits per heavy atom.